The van der Waals surface area contributed by atoms with Gasteiger partial charge in [-0.05, 0) is 17.7 Å². The SMILES string of the molecule is O=C(Cn1cc([N+](=O)[O-])cn1)Nc1nn(Cc2ccc(Cl)c(Cl)c2)cc1Cl. The number of carbonyl (C=O) groups excluding carboxylic acids is 1. The number of aromatic nitrogens is 4. The Balaban J connectivity index is 1.65. The number of nitro groups is 1. The molecule has 0 saturated heterocycles. The van der Waals surface area contributed by atoms with Crippen LogP contribution in [0.2, 0.25) is 15.1 Å². The lowest BCUT2D eigenvalue weighted by Crippen LogP contribution is -2.19. The molecule has 12 heteroatoms. The molecule has 3 rings (SSSR count). The number of rotatable bonds is 6. The summed E-state index contributed by atoms with van der Waals surface area (Å²) in [4.78, 5) is 22.1. The molecular formula is C15H11Cl3N6O3. The van der Waals surface area contributed by atoms with E-state index in [0.29, 0.717) is 16.6 Å². The van der Waals surface area contributed by atoms with Crippen LogP contribution in [-0.2, 0) is 17.9 Å². The van der Waals surface area contributed by atoms with E-state index in [4.69, 9.17) is 34.8 Å². The van der Waals surface area contributed by atoms with E-state index in [1.165, 1.54) is 4.68 Å². The molecule has 140 valence electrons. The maximum Gasteiger partial charge on any atom is 0.307 e. The molecule has 0 aliphatic carbocycles. The van der Waals surface area contributed by atoms with Gasteiger partial charge in [-0.25, -0.2) is 0 Å². The van der Waals surface area contributed by atoms with Crippen molar-refractivity contribution >= 4 is 52.2 Å². The van der Waals surface area contributed by atoms with Gasteiger partial charge in [0.25, 0.3) is 0 Å². The third-order valence-electron chi connectivity index (χ3n) is 3.44. The van der Waals surface area contributed by atoms with E-state index in [9.17, 15) is 14.9 Å². The van der Waals surface area contributed by atoms with Crippen LogP contribution in [0, 0.1) is 10.1 Å². The van der Waals surface area contributed by atoms with Crippen molar-refractivity contribution in [2.45, 2.75) is 13.1 Å². The van der Waals surface area contributed by atoms with Gasteiger partial charge >= 0.3 is 5.69 Å². The molecule has 27 heavy (non-hydrogen) atoms. The van der Waals surface area contributed by atoms with Gasteiger partial charge in [0.15, 0.2) is 5.82 Å². The third-order valence-corrected chi connectivity index (χ3v) is 4.46. The second kappa shape index (κ2) is 7.95. The van der Waals surface area contributed by atoms with Crippen molar-refractivity contribution in [3.05, 3.63) is 67.5 Å². The van der Waals surface area contributed by atoms with Gasteiger partial charge in [0.05, 0.1) is 21.5 Å². The number of benzene rings is 1. The molecule has 0 unspecified atom stereocenters. The van der Waals surface area contributed by atoms with Crippen molar-refractivity contribution in [1.29, 1.82) is 0 Å². The van der Waals surface area contributed by atoms with Gasteiger partial charge in [0.1, 0.15) is 24.0 Å². The van der Waals surface area contributed by atoms with Crippen molar-refractivity contribution in [3.63, 3.8) is 0 Å². The van der Waals surface area contributed by atoms with Crippen LogP contribution in [-0.4, -0.2) is 30.4 Å². The van der Waals surface area contributed by atoms with Crippen LogP contribution in [0.4, 0.5) is 11.5 Å². The molecule has 1 amide bonds. The highest BCUT2D eigenvalue weighted by Gasteiger charge is 2.14. The number of halogens is 3. The van der Waals surface area contributed by atoms with Gasteiger partial charge in [-0.2, -0.15) is 10.2 Å². The molecule has 0 aliphatic rings. The van der Waals surface area contributed by atoms with Crippen LogP contribution < -0.4 is 5.32 Å². The Labute approximate surface area is 167 Å². The Hall–Kier alpha value is -2.62. The summed E-state index contributed by atoms with van der Waals surface area (Å²) in [6.45, 7) is 0.154. The molecule has 0 saturated carbocycles. The number of amides is 1. The van der Waals surface area contributed by atoms with Crippen molar-refractivity contribution in [1.82, 2.24) is 19.6 Å². The first kappa shape index (κ1) is 19.2. The zero-order valence-electron chi connectivity index (χ0n) is 13.5. The molecule has 3 aromatic rings. The molecule has 2 aromatic heterocycles. The van der Waals surface area contributed by atoms with Crippen molar-refractivity contribution < 1.29 is 9.72 Å². The second-order valence-corrected chi connectivity index (χ2v) is 6.69. The Morgan fingerprint density at radius 3 is 2.59 bits per heavy atom. The molecule has 1 N–H and O–H groups in total. The van der Waals surface area contributed by atoms with E-state index in [1.54, 1.807) is 24.4 Å². The minimum atomic E-state index is -0.594. The summed E-state index contributed by atoms with van der Waals surface area (Å²) in [6, 6.07) is 5.19. The topological polar surface area (TPSA) is 108 Å². The minimum Gasteiger partial charge on any atom is -0.306 e. The molecule has 0 spiro atoms. The van der Waals surface area contributed by atoms with Crippen LogP contribution in [0.5, 0.6) is 0 Å². The fraction of sp³-hybridized carbons (Fsp3) is 0.133. The Morgan fingerprint density at radius 1 is 1.15 bits per heavy atom. The number of hydrogen-bond donors (Lipinski definition) is 1. The van der Waals surface area contributed by atoms with Gasteiger partial charge in [-0.3, -0.25) is 24.3 Å². The minimum absolute atomic E-state index is 0.170. The summed E-state index contributed by atoms with van der Waals surface area (Å²) in [6.07, 6.45) is 3.77. The maximum absolute atomic E-state index is 12.1. The Bertz CT molecular complexity index is 1020. The van der Waals surface area contributed by atoms with E-state index in [1.807, 2.05) is 0 Å². The van der Waals surface area contributed by atoms with Gasteiger partial charge in [-0.1, -0.05) is 40.9 Å². The summed E-state index contributed by atoms with van der Waals surface area (Å²) in [5.74, 6) is -0.307. The highest BCUT2D eigenvalue weighted by Crippen LogP contribution is 2.24. The smallest absolute Gasteiger partial charge is 0.306 e. The molecule has 0 aliphatic heterocycles. The van der Waals surface area contributed by atoms with Crippen molar-refractivity contribution in [2.24, 2.45) is 0 Å². The second-order valence-electron chi connectivity index (χ2n) is 5.47. The number of anilines is 1. The van der Waals surface area contributed by atoms with E-state index in [0.717, 1.165) is 22.6 Å². The van der Waals surface area contributed by atoms with Crippen LogP contribution >= 0.6 is 34.8 Å². The maximum atomic E-state index is 12.1. The zero-order valence-corrected chi connectivity index (χ0v) is 15.7. The zero-order chi connectivity index (χ0) is 19.6. The lowest BCUT2D eigenvalue weighted by Gasteiger charge is -2.04. The standard InChI is InChI=1S/C15H11Cl3N6O3/c16-11-2-1-9(3-12(11)17)5-23-7-13(18)15(21-23)20-14(25)8-22-6-10(4-19-22)24(26)27/h1-4,6-7H,5,8H2,(H,20,21,25). The van der Waals surface area contributed by atoms with Crippen molar-refractivity contribution in [3.8, 4) is 0 Å². The van der Waals surface area contributed by atoms with E-state index < -0.39 is 10.8 Å². The highest BCUT2D eigenvalue weighted by molar-refractivity contribution is 6.42. The van der Waals surface area contributed by atoms with E-state index in [2.05, 4.69) is 15.5 Å². The molecule has 2 heterocycles. The number of nitrogens with zero attached hydrogens (tertiary/aromatic N) is 5. The van der Waals surface area contributed by atoms with Gasteiger partial charge in [-0.15, -0.1) is 0 Å². The van der Waals surface area contributed by atoms with Crippen LogP contribution in [0.3, 0.4) is 0 Å². The Kier molecular flexibility index (Phi) is 5.64. The quantitative estimate of drug-likeness (QED) is 0.475. The molecular weight excluding hydrogens is 419 g/mol. The monoisotopic (exact) mass is 428 g/mol. The van der Waals surface area contributed by atoms with Crippen LogP contribution in [0.1, 0.15) is 5.56 Å². The largest absolute Gasteiger partial charge is 0.307 e. The average Bonchev–Trinajstić information content (AvgIpc) is 3.18. The molecule has 9 nitrogen and oxygen atoms in total. The fourth-order valence-electron chi connectivity index (χ4n) is 2.24. The summed E-state index contributed by atoms with van der Waals surface area (Å²) < 4.78 is 2.68. The van der Waals surface area contributed by atoms with Gasteiger partial charge in [0, 0.05) is 6.20 Å². The summed E-state index contributed by atoms with van der Waals surface area (Å²) in [7, 11) is 0. The van der Waals surface area contributed by atoms with Gasteiger partial charge < -0.3 is 5.32 Å². The normalized spacial score (nSPS) is 10.8. The lowest BCUT2D eigenvalue weighted by atomic mass is 10.2. The fourth-order valence-corrected chi connectivity index (χ4v) is 2.76. The Morgan fingerprint density at radius 2 is 1.93 bits per heavy atom. The molecule has 0 atom stereocenters. The average molecular weight is 430 g/mol. The first-order valence-corrected chi connectivity index (χ1v) is 8.59. The predicted octanol–water partition coefficient (Wildman–Crippen LogP) is 3.64. The molecule has 0 fully saturated rings. The summed E-state index contributed by atoms with van der Waals surface area (Å²) >= 11 is 18.0. The molecule has 0 radical (unpaired) electrons. The molecule has 1 aromatic carbocycles. The molecule has 0 bridgehead atoms. The van der Waals surface area contributed by atoms with Crippen molar-refractivity contribution in [2.75, 3.05) is 5.32 Å². The number of nitrogens with one attached hydrogen (secondary N) is 1. The number of carbonyl (C=O) groups is 1. The third kappa shape index (κ3) is 4.76. The summed E-state index contributed by atoms with van der Waals surface area (Å²) in [5.41, 5.74) is 0.650. The summed E-state index contributed by atoms with van der Waals surface area (Å²) in [5, 5.41) is 22.3. The first-order valence-electron chi connectivity index (χ1n) is 7.45. The number of hydrogen-bond acceptors (Lipinski definition) is 5. The van der Waals surface area contributed by atoms with Gasteiger partial charge in [0.2, 0.25) is 5.91 Å². The van der Waals surface area contributed by atoms with Crippen LogP contribution in [0.25, 0.3) is 0 Å². The first-order chi connectivity index (χ1) is 12.8. The predicted molar refractivity (Wildman–Crippen MR) is 100 cm³/mol. The highest BCUT2D eigenvalue weighted by atomic mass is 35.5. The lowest BCUT2D eigenvalue weighted by molar-refractivity contribution is -0.385. The van der Waals surface area contributed by atoms with E-state index >= 15 is 0 Å². The van der Waals surface area contributed by atoms with E-state index in [-0.39, 0.29) is 23.1 Å². The van der Waals surface area contributed by atoms with Crippen LogP contribution in [0.15, 0.2) is 36.8 Å².